The first kappa shape index (κ1) is 36.1. The van der Waals surface area contributed by atoms with Gasteiger partial charge in [0, 0.05) is 27.6 Å². The van der Waals surface area contributed by atoms with E-state index in [1.54, 1.807) is 0 Å². The van der Waals surface area contributed by atoms with Gasteiger partial charge in [-0.15, -0.1) is 10.2 Å². The van der Waals surface area contributed by atoms with Crippen LogP contribution in [0.5, 0.6) is 0 Å². The third-order valence-corrected chi connectivity index (χ3v) is 11.1. The standard InChI is InChI=1S/C55H43N3O/c1-55(2,3)36-37-25-31-47(46-22-11-10-21-45(46)39-26-28-41(29-27-39)54-57-56-53(59-54)40-17-8-5-9-18-40)49(33-37)43-30-32-52-50(35-43)48-23-12-13-24-51(48)58(52)44-20-14-19-42(34-44)38-15-6-4-7-16-38/h4-35H,36H2,1-3H3. The first-order valence-corrected chi connectivity index (χ1v) is 20.3. The average molecular weight is 762 g/mol. The van der Waals surface area contributed by atoms with Crippen molar-refractivity contribution < 1.29 is 4.42 Å². The number of hydrogen-bond donors (Lipinski definition) is 0. The Hall–Kier alpha value is -7.30. The first-order chi connectivity index (χ1) is 28.9. The summed E-state index contributed by atoms with van der Waals surface area (Å²) in [4.78, 5) is 0. The molecule has 0 saturated carbocycles. The highest BCUT2D eigenvalue weighted by atomic mass is 16.4. The van der Waals surface area contributed by atoms with E-state index < -0.39 is 0 Å². The molecule has 0 aliphatic rings. The number of nitrogens with zero attached hydrogens (tertiary/aromatic N) is 3. The van der Waals surface area contributed by atoms with Crippen molar-refractivity contribution in [1.29, 1.82) is 0 Å². The molecular weight excluding hydrogens is 719 g/mol. The average Bonchev–Trinajstić information content (AvgIpc) is 3.90. The van der Waals surface area contributed by atoms with Gasteiger partial charge in [0.1, 0.15) is 0 Å². The van der Waals surface area contributed by atoms with E-state index in [-0.39, 0.29) is 5.41 Å². The van der Waals surface area contributed by atoms with Crippen molar-refractivity contribution in [1.82, 2.24) is 14.8 Å². The van der Waals surface area contributed by atoms with E-state index in [2.05, 4.69) is 199 Å². The minimum absolute atomic E-state index is 0.143. The molecule has 10 rings (SSSR count). The van der Waals surface area contributed by atoms with Crippen molar-refractivity contribution in [2.45, 2.75) is 27.2 Å². The Morgan fingerprint density at radius 2 is 0.983 bits per heavy atom. The maximum Gasteiger partial charge on any atom is 0.248 e. The molecule has 0 aliphatic heterocycles. The third kappa shape index (κ3) is 7.04. The Morgan fingerprint density at radius 3 is 1.73 bits per heavy atom. The predicted octanol–water partition coefficient (Wildman–Crippen LogP) is 14.8. The Morgan fingerprint density at radius 1 is 0.407 bits per heavy atom. The second-order valence-electron chi connectivity index (χ2n) is 16.5. The van der Waals surface area contributed by atoms with E-state index in [0.29, 0.717) is 11.8 Å². The smallest absolute Gasteiger partial charge is 0.248 e. The summed E-state index contributed by atoms with van der Waals surface area (Å²) in [6.45, 7) is 6.93. The fraction of sp³-hybridized carbons (Fsp3) is 0.0909. The van der Waals surface area contributed by atoms with Gasteiger partial charge < -0.3 is 8.98 Å². The normalized spacial score (nSPS) is 11.7. The topological polar surface area (TPSA) is 43.9 Å². The van der Waals surface area contributed by atoms with Gasteiger partial charge in [0.25, 0.3) is 0 Å². The Balaban J connectivity index is 1.08. The van der Waals surface area contributed by atoms with Gasteiger partial charge in [0.2, 0.25) is 11.8 Å². The summed E-state index contributed by atoms with van der Waals surface area (Å²) in [5, 5.41) is 11.1. The lowest BCUT2D eigenvalue weighted by molar-refractivity contribution is 0.411. The Kier molecular flexibility index (Phi) is 9.10. The van der Waals surface area contributed by atoms with Crippen molar-refractivity contribution in [2.75, 3.05) is 0 Å². The second kappa shape index (κ2) is 14.9. The highest BCUT2D eigenvalue weighted by Gasteiger charge is 2.20. The third-order valence-electron chi connectivity index (χ3n) is 11.1. The lowest BCUT2D eigenvalue weighted by atomic mass is 9.84. The molecule has 0 radical (unpaired) electrons. The zero-order chi connectivity index (χ0) is 39.9. The van der Waals surface area contributed by atoms with Gasteiger partial charge in [-0.05, 0) is 117 Å². The number of para-hydroxylation sites is 1. The van der Waals surface area contributed by atoms with E-state index in [1.807, 2.05) is 30.3 Å². The van der Waals surface area contributed by atoms with Crippen LogP contribution >= 0.6 is 0 Å². The largest absolute Gasteiger partial charge is 0.416 e. The number of benzene rings is 8. The molecule has 0 fully saturated rings. The SMILES string of the molecule is CC(C)(C)Cc1ccc(-c2ccccc2-c2ccc(-c3nnc(-c4ccccc4)o3)cc2)c(-c2ccc3c(c2)c2ccccc2n3-c2cccc(-c3ccccc3)c2)c1. The molecule has 4 nitrogen and oxygen atoms in total. The minimum atomic E-state index is 0.143. The Bertz CT molecular complexity index is 3100. The van der Waals surface area contributed by atoms with Crippen molar-refractivity contribution in [3.05, 3.63) is 200 Å². The van der Waals surface area contributed by atoms with Crippen LogP contribution in [-0.2, 0) is 6.42 Å². The molecule has 4 heteroatoms. The van der Waals surface area contributed by atoms with E-state index in [4.69, 9.17) is 4.42 Å². The van der Waals surface area contributed by atoms with Crippen LogP contribution in [0.25, 0.3) is 94.9 Å². The van der Waals surface area contributed by atoms with Crippen LogP contribution in [0.15, 0.2) is 199 Å². The summed E-state index contributed by atoms with van der Waals surface area (Å²) < 4.78 is 8.50. The maximum atomic E-state index is 6.09. The van der Waals surface area contributed by atoms with E-state index >= 15 is 0 Å². The number of rotatable bonds is 8. The van der Waals surface area contributed by atoms with Gasteiger partial charge in [-0.1, -0.05) is 160 Å². The van der Waals surface area contributed by atoms with E-state index in [0.717, 1.165) is 34.4 Å². The van der Waals surface area contributed by atoms with Crippen LogP contribution in [0.3, 0.4) is 0 Å². The molecule has 0 unspecified atom stereocenters. The predicted molar refractivity (Wildman–Crippen MR) is 244 cm³/mol. The summed E-state index contributed by atoms with van der Waals surface area (Å²) in [5.41, 5.74) is 16.3. The number of aromatic nitrogens is 3. The molecule has 0 spiro atoms. The second-order valence-corrected chi connectivity index (χ2v) is 16.5. The molecule has 59 heavy (non-hydrogen) atoms. The summed E-state index contributed by atoms with van der Waals surface area (Å²) >= 11 is 0. The van der Waals surface area contributed by atoms with Crippen LogP contribution < -0.4 is 0 Å². The number of hydrogen-bond acceptors (Lipinski definition) is 3. The summed E-state index contributed by atoms with van der Waals surface area (Å²) in [7, 11) is 0. The maximum absolute atomic E-state index is 6.09. The lowest BCUT2D eigenvalue weighted by Crippen LogP contribution is -2.09. The van der Waals surface area contributed by atoms with Crippen molar-refractivity contribution >= 4 is 21.8 Å². The molecule has 0 amide bonds. The lowest BCUT2D eigenvalue weighted by Gasteiger charge is -2.21. The molecule has 2 heterocycles. The van der Waals surface area contributed by atoms with Crippen LogP contribution in [-0.4, -0.2) is 14.8 Å². The monoisotopic (exact) mass is 761 g/mol. The highest BCUT2D eigenvalue weighted by Crippen LogP contribution is 2.42. The van der Waals surface area contributed by atoms with Gasteiger partial charge in [-0.25, -0.2) is 0 Å². The fourth-order valence-corrected chi connectivity index (χ4v) is 8.46. The van der Waals surface area contributed by atoms with Crippen LogP contribution in [0.4, 0.5) is 0 Å². The molecule has 10 aromatic rings. The van der Waals surface area contributed by atoms with Crippen LogP contribution in [0, 0.1) is 5.41 Å². The summed E-state index contributed by atoms with van der Waals surface area (Å²) in [5.74, 6) is 1.01. The van der Waals surface area contributed by atoms with Gasteiger partial charge in [0.15, 0.2) is 0 Å². The Labute approximate surface area is 345 Å². The van der Waals surface area contributed by atoms with E-state index in [9.17, 15) is 0 Å². The minimum Gasteiger partial charge on any atom is -0.416 e. The number of fused-ring (bicyclic) bond motifs is 3. The van der Waals surface area contributed by atoms with Crippen molar-refractivity contribution in [3.63, 3.8) is 0 Å². The van der Waals surface area contributed by atoms with Gasteiger partial charge in [-0.3, -0.25) is 0 Å². The summed E-state index contributed by atoms with van der Waals surface area (Å²) in [6.07, 6.45) is 0.977. The quantitative estimate of drug-likeness (QED) is 0.155. The van der Waals surface area contributed by atoms with Crippen molar-refractivity contribution in [2.24, 2.45) is 5.41 Å². The zero-order valence-corrected chi connectivity index (χ0v) is 33.4. The molecule has 0 saturated heterocycles. The molecule has 0 N–H and O–H groups in total. The molecule has 2 aromatic heterocycles. The molecule has 8 aromatic carbocycles. The molecule has 0 bridgehead atoms. The van der Waals surface area contributed by atoms with E-state index in [1.165, 1.54) is 60.8 Å². The molecule has 0 aliphatic carbocycles. The summed E-state index contributed by atoms with van der Waals surface area (Å²) in [6, 6.07) is 69.4. The van der Waals surface area contributed by atoms with Crippen molar-refractivity contribution in [3.8, 4) is 73.1 Å². The molecule has 284 valence electrons. The molecule has 0 atom stereocenters. The first-order valence-electron chi connectivity index (χ1n) is 20.3. The van der Waals surface area contributed by atoms with Crippen LogP contribution in [0.2, 0.25) is 0 Å². The van der Waals surface area contributed by atoms with Gasteiger partial charge in [-0.2, -0.15) is 0 Å². The fourth-order valence-electron chi connectivity index (χ4n) is 8.46. The van der Waals surface area contributed by atoms with Gasteiger partial charge in [0.05, 0.1) is 11.0 Å². The molecular formula is C55H43N3O. The zero-order valence-electron chi connectivity index (χ0n) is 33.4. The highest BCUT2D eigenvalue weighted by molar-refractivity contribution is 6.11. The van der Waals surface area contributed by atoms with Gasteiger partial charge >= 0.3 is 0 Å². The van der Waals surface area contributed by atoms with Crippen LogP contribution in [0.1, 0.15) is 26.3 Å².